The summed E-state index contributed by atoms with van der Waals surface area (Å²) in [7, 11) is -1.10. The van der Waals surface area contributed by atoms with Gasteiger partial charge in [-0.2, -0.15) is 5.10 Å². The molecule has 5 aromatic rings. The number of nitrogens with zero attached hydrogens (tertiary/aromatic N) is 9. The van der Waals surface area contributed by atoms with Crippen LogP contribution in [0.4, 0.5) is 16.7 Å². The molecule has 26 heteroatoms. The van der Waals surface area contributed by atoms with Gasteiger partial charge in [-0.05, 0) is 88.2 Å². The molecule has 0 spiro atoms. The smallest absolute Gasteiger partial charge is 0.409 e. The Morgan fingerprint density at radius 2 is 1.47 bits per heavy atom. The molecule has 5 amide bonds. The fourth-order valence-corrected chi connectivity index (χ4v) is 10.7. The average Bonchev–Trinajstić information content (AvgIpc) is 4.01. The van der Waals surface area contributed by atoms with Gasteiger partial charge < -0.3 is 45.4 Å². The topological polar surface area (TPSA) is 322 Å². The number of rotatable bonds is 23. The maximum atomic E-state index is 13.9. The fraction of sp³-hybridized carbons (Fsp3) is 0.426. The van der Waals surface area contributed by atoms with Crippen molar-refractivity contribution in [2.24, 2.45) is 22.2 Å². The van der Waals surface area contributed by atoms with Crippen molar-refractivity contribution in [1.82, 2.24) is 38.7 Å². The summed E-state index contributed by atoms with van der Waals surface area (Å²) in [4.78, 5) is 82.7. The van der Waals surface area contributed by atoms with Gasteiger partial charge in [0.25, 0.3) is 11.8 Å². The van der Waals surface area contributed by atoms with Crippen molar-refractivity contribution < 1.29 is 46.6 Å². The van der Waals surface area contributed by atoms with E-state index in [2.05, 4.69) is 30.6 Å². The Labute approximate surface area is 425 Å². The number of hydrogen-bond donors (Lipinski definition) is 5. The molecular weight excluding hydrogens is 985 g/mol. The van der Waals surface area contributed by atoms with Gasteiger partial charge in [0.05, 0.1) is 35.7 Å². The second kappa shape index (κ2) is 24.3. The summed E-state index contributed by atoms with van der Waals surface area (Å²) < 4.78 is 45.6. The van der Waals surface area contributed by atoms with Gasteiger partial charge in [-0.25, -0.2) is 23.2 Å². The number of hydrogen-bond acceptors (Lipinski definition) is 17. The number of primary amides is 2. The summed E-state index contributed by atoms with van der Waals surface area (Å²) in [5.41, 5.74) is 20.6. The number of carbonyl (C=O) groups excluding carboxylic acids is 5. The van der Waals surface area contributed by atoms with Crippen LogP contribution in [-0.4, -0.2) is 154 Å². The van der Waals surface area contributed by atoms with E-state index in [0.717, 1.165) is 17.0 Å². The summed E-state index contributed by atoms with van der Waals surface area (Å²) in [6, 6.07) is 7.70. The highest BCUT2D eigenvalue weighted by Gasteiger charge is 2.26. The van der Waals surface area contributed by atoms with Crippen LogP contribution in [0.1, 0.15) is 71.0 Å². The molecule has 4 heterocycles. The van der Waals surface area contributed by atoms with E-state index in [4.69, 9.17) is 36.4 Å². The van der Waals surface area contributed by atoms with Crippen LogP contribution in [0.3, 0.4) is 0 Å². The third kappa shape index (κ3) is 14.2. The highest BCUT2D eigenvalue weighted by molar-refractivity contribution is 8.72. The Kier molecular flexibility index (Phi) is 18.3. The minimum Gasteiger partial charge on any atom is -0.494 e. The second-order valence-electron chi connectivity index (χ2n) is 17.0. The van der Waals surface area contributed by atoms with Crippen molar-refractivity contribution in [2.75, 3.05) is 76.5 Å². The first kappa shape index (κ1) is 54.9. The number of aryl methyl sites for hydroxylation is 2. The Morgan fingerprint density at radius 3 is 2.01 bits per heavy atom. The predicted molar refractivity (Wildman–Crippen MR) is 279 cm³/mol. The first-order chi connectivity index (χ1) is 34.7. The Morgan fingerprint density at radius 1 is 0.877 bits per heavy atom. The number of ether oxygens (including phenoxy) is 3. The normalized spacial score (nSPS) is 14.2. The number of aliphatic imine (C=N–C) groups is 1. The lowest BCUT2D eigenvalue weighted by Crippen LogP contribution is -2.49. The number of carbonyl (C=O) groups is 5. The number of benzene rings is 2. The molecule has 1 saturated heterocycles. The minimum absolute atomic E-state index is 0.0297. The van der Waals surface area contributed by atoms with E-state index in [1.165, 1.54) is 37.5 Å². The molecule has 392 valence electrons. The quantitative estimate of drug-likeness (QED) is 0.0271. The molecule has 6 rings (SSSR count). The molecule has 0 bridgehead atoms. The van der Waals surface area contributed by atoms with Crippen LogP contribution in [-0.2, 0) is 38.0 Å². The molecule has 73 heavy (non-hydrogen) atoms. The van der Waals surface area contributed by atoms with Gasteiger partial charge in [0.15, 0.2) is 8.87 Å². The number of amides is 5. The number of anilines is 2. The van der Waals surface area contributed by atoms with Crippen LogP contribution in [0.5, 0.6) is 11.5 Å². The monoisotopic (exact) mass is 1050 g/mol. The summed E-state index contributed by atoms with van der Waals surface area (Å²) in [6.45, 7) is 12.5. The lowest BCUT2D eigenvalue weighted by Gasteiger charge is -2.34. The Bertz CT molecular complexity index is 3090. The summed E-state index contributed by atoms with van der Waals surface area (Å²) in [6.07, 6.45) is 6.22. The van der Waals surface area contributed by atoms with Crippen molar-refractivity contribution in [3.8, 4) is 11.5 Å². The van der Waals surface area contributed by atoms with Gasteiger partial charge in [-0.1, -0.05) is 12.2 Å². The first-order valence-electron chi connectivity index (χ1n) is 23.4. The maximum absolute atomic E-state index is 13.9. The highest BCUT2D eigenvalue weighted by Crippen LogP contribution is 2.33. The molecular formula is C47H62N14O10S2. The third-order valence-electron chi connectivity index (χ3n) is 11.2. The SMILES string of the molecule is CCN=C(/C=C(/C)N)C(=O)Nc1nc2cc(C(N)=O)cc(OC)c2n1C/C=C/Cn1c(NC(=O)c2cc(C)nn2CC)nc2cc(C(N)=O)cc(OCCCN3CCN(C(=O)OCC(C)SS(C)(=O)=O)CC3)c21. The van der Waals surface area contributed by atoms with Crippen LogP contribution >= 0.6 is 10.8 Å². The van der Waals surface area contributed by atoms with Gasteiger partial charge in [-0.3, -0.25) is 44.4 Å². The molecule has 0 radical (unpaired) electrons. The van der Waals surface area contributed by atoms with Crippen molar-refractivity contribution in [3.05, 3.63) is 76.8 Å². The zero-order valence-electron chi connectivity index (χ0n) is 41.8. The number of nitrogens with one attached hydrogen (secondary N) is 2. The van der Waals surface area contributed by atoms with E-state index < -0.39 is 43.8 Å². The number of allylic oxidation sites excluding steroid dienone is 3. The predicted octanol–water partition coefficient (Wildman–Crippen LogP) is 3.49. The van der Waals surface area contributed by atoms with Gasteiger partial charge in [-0.15, -0.1) is 0 Å². The second-order valence-corrected chi connectivity index (χ2v) is 21.8. The number of piperazine rings is 1. The van der Waals surface area contributed by atoms with E-state index in [9.17, 15) is 32.4 Å². The number of imidazole rings is 2. The molecule has 2 aromatic carbocycles. The van der Waals surface area contributed by atoms with Crippen LogP contribution in [0.25, 0.3) is 22.1 Å². The Balaban J connectivity index is 1.28. The molecule has 0 saturated carbocycles. The molecule has 24 nitrogen and oxygen atoms in total. The van der Waals surface area contributed by atoms with Crippen LogP contribution in [0, 0.1) is 6.92 Å². The molecule has 1 aliphatic heterocycles. The van der Waals surface area contributed by atoms with Crippen molar-refractivity contribution in [1.29, 1.82) is 0 Å². The zero-order valence-corrected chi connectivity index (χ0v) is 43.5. The van der Waals surface area contributed by atoms with E-state index in [1.54, 1.807) is 64.6 Å². The van der Waals surface area contributed by atoms with Crippen molar-refractivity contribution in [2.45, 2.75) is 65.9 Å². The van der Waals surface area contributed by atoms with Gasteiger partial charge in [0, 0.05) is 82.0 Å². The van der Waals surface area contributed by atoms with Crippen molar-refractivity contribution >= 4 is 89.1 Å². The number of nitrogens with two attached hydrogens (primary N) is 3. The van der Waals surface area contributed by atoms with Crippen LogP contribution in [0.2, 0.25) is 0 Å². The van der Waals surface area contributed by atoms with E-state index in [-0.39, 0.29) is 66.5 Å². The van der Waals surface area contributed by atoms with Crippen molar-refractivity contribution in [3.63, 3.8) is 0 Å². The molecule has 0 aliphatic carbocycles. The zero-order chi connectivity index (χ0) is 53.1. The molecule has 1 atom stereocenters. The molecule has 1 unspecified atom stereocenters. The minimum atomic E-state index is -3.28. The summed E-state index contributed by atoms with van der Waals surface area (Å²) >= 11 is 0. The van der Waals surface area contributed by atoms with Gasteiger partial charge in [0.1, 0.15) is 40.5 Å². The lowest BCUT2D eigenvalue weighted by molar-refractivity contribution is -0.110. The lowest BCUT2D eigenvalue weighted by atomic mass is 10.1. The first-order valence-corrected chi connectivity index (χ1v) is 26.7. The fourth-order valence-electron chi connectivity index (χ4n) is 8.02. The highest BCUT2D eigenvalue weighted by atomic mass is 33.1. The van der Waals surface area contributed by atoms with Crippen LogP contribution < -0.4 is 37.3 Å². The van der Waals surface area contributed by atoms with E-state index in [1.807, 2.05) is 6.92 Å². The maximum Gasteiger partial charge on any atom is 0.409 e. The molecule has 3 aromatic heterocycles. The number of methoxy groups -OCH3 is 1. The van der Waals surface area contributed by atoms with E-state index in [0.29, 0.717) is 91.4 Å². The van der Waals surface area contributed by atoms with Gasteiger partial charge >= 0.3 is 6.09 Å². The summed E-state index contributed by atoms with van der Waals surface area (Å²) in [5, 5.41) is 9.77. The number of aromatic nitrogens is 6. The standard InChI is InChI=1S/C47H62N14O10S2/c1-8-51-35(21-28(3)48)43(64)54-45-52-33-23-31(41(49)62)25-37(69-6)39(33)59(45)14-10-11-15-60-40-34(53-46(60)55-44(65)36-22-29(4)56-61(36)9-2)24-32(42(50)63)26-38(40)70-20-12-13-57-16-18-58(19-17-57)47(66)71-27-30(5)72-73(7,67)68/h10-11,21-26,30H,8-9,12-20,27,48H2,1-7H3,(H2,49,62)(H2,50,63)(H,52,54,64)(H,53,55,65)/b11-10+,28-21-,51-35?. The van der Waals surface area contributed by atoms with Gasteiger partial charge in [0.2, 0.25) is 23.7 Å². The largest absolute Gasteiger partial charge is 0.494 e. The molecule has 1 aliphatic rings. The van der Waals surface area contributed by atoms with E-state index >= 15 is 0 Å². The number of fused-ring (bicyclic) bond motifs is 2. The summed E-state index contributed by atoms with van der Waals surface area (Å²) in [5.74, 6) is -1.70. The van der Waals surface area contributed by atoms with Crippen LogP contribution in [0.15, 0.2) is 59.2 Å². The average molecular weight is 1050 g/mol. The molecule has 1 fully saturated rings. The Hall–Kier alpha value is -7.45. The molecule has 8 N–H and O–H groups in total. The third-order valence-corrected chi connectivity index (χ3v) is 14.1.